The van der Waals surface area contributed by atoms with E-state index >= 15 is 0 Å². The van der Waals surface area contributed by atoms with Gasteiger partial charge in [0, 0.05) is 12.6 Å². The maximum atomic E-state index is 12.5. The summed E-state index contributed by atoms with van der Waals surface area (Å²) in [5.74, 6) is -0.0907. The number of amides is 1. The summed E-state index contributed by atoms with van der Waals surface area (Å²) in [6, 6.07) is 13.5. The van der Waals surface area contributed by atoms with E-state index in [4.69, 9.17) is 0 Å². The first-order valence-corrected chi connectivity index (χ1v) is 10.3. The molecular weight excluding hydrogens is 362 g/mol. The molecule has 6 nitrogen and oxygen atoms in total. The number of benzene rings is 2. The molecule has 2 N–H and O–H groups in total. The lowest BCUT2D eigenvalue weighted by Gasteiger charge is -2.23. The van der Waals surface area contributed by atoms with Gasteiger partial charge in [0.05, 0.1) is 10.9 Å². The van der Waals surface area contributed by atoms with Crippen molar-refractivity contribution in [1.82, 2.24) is 10.2 Å². The molecule has 0 saturated heterocycles. The van der Waals surface area contributed by atoms with E-state index in [1.54, 1.807) is 42.5 Å². The Kier molecular flexibility index (Phi) is 6.98. The Labute approximate surface area is 161 Å². The molecule has 0 radical (unpaired) electrons. The number of nitrogens with zero attached hydrogens (tertiary/aromatic N) is 1. The van der Waals surface area contributed by atoms with Crippen molar-refractivity contribution in [1.29, 1.82) is 0 Å². The fourth-order valence-electron chi connectivity index (χ4n) is 2.88. The SMILES string of the molecule is CC(=O)NC(CCN(C)C)c1ccc(NS(=O)(=O)c2ccccc2)cc1C. The van der Waals surface area contributed by atoms with Gasteiger partial charge in [-0.05, 0) is 69.4 Å². The molecule has 2 aromatic carbocycles. The molecule has 0 fully saturated rings. The molecule has 0 bridgehead atoms. The largest absolute Gasteiger partial charge is 0.349 e. The van der Waals surface area contributed by atoms with E-state index < -0.39 is 10.0 Å². The Morgan fingerprint density at radius 2 is 1.78 bits per heavy atom. The second-order valence-electron chi connectivity index (χ2n) is 6.83. The average Bonchev–Trinajstić information content (AvgIpc) is 2.59. The first-order valence-electron chi connectivity index (χ1n) is 8.79. The van der Waals surface area contributed by atoms with Crippen LogP contribution in [0.3, 0.4) is 0 Å². The third-order valence-electron chi connectivity index (χ3n) is 4.19. The molecule has 0 aromatic heterocycles. The van der Waals surface area contributed by atoms with Gasteiger partial charge in [-0.2, -0.15) is 0 Å². The van der Waals surface area contributed by atoms with Crippen LogP contribution in [0.5, 0.6) is 0 Å². The van der Waals surface area contributed by atoms with Crippen molar-refractivity contribution in [2.24, 2.45) is 0 Å². The molecule has 7 heteroatoms. The number of sulfonamides is 1. The van der Waals surface area contributed by atoms with Crippen molar-refractivity contribution < 1.29 is 13.2 Å². The summed E-state index contributed by atoms with van der Waals surface area (Å²) in [6.45, 7) is 4.24. The molecule has 0 aliphatic rings. The Bertz CT molecular complexity index is 881. The second-order valence-corrected chi connectivity index (χ2v) is 8.52. The summed E-state index contributed by atoms with van der Waals surface area (Å²) in [6.07, 6.45) is 0.766. The highest BCUT2D eigenvalue weighted by atomic mass is 32.2. The summed E-state index contributed by atoms with van der Waals surface area (Å²) in [4.78, 5) is 13.9. The molecule has 0 aliphatic carbocycles. The minimum atomic E-state index is -3.63. The molecule has 1 amide bonds. The van der Waals surface area contributed by atoms with Gasteiger partial charge in [0.2, 0.25) is 5.91 Å². The molecule has 146 valence electrons. The van der Waals surface area contributed by atoms with Gasteiger partial charge in [0.1, 0.15) is 0 Å². The van der Waals surface area contributed by atoms with E-state index in [1.165, 1.54) is 6.92 Å². The third kappa shape index (κ3) is 6.08. The van der Waals surface area contributed by atoms with E-state index in [1.807, 2.05) is 27.1 Å². The van der Waals surface area contributed by atoms with Crippen LogP contribution in [0.2, 0.25) is 0 Å². The predicted octanol–water partition coefficient (Wildman–Crippen LogP) is 2.92. The predicted molar refractivity (Wildman–Crippen MR) is 108 cm³/mol. The van der Waals surface area contributed by atoms with E-state index in [2.05, 4.69) is 14.9 Å². The fourth-order valence-corrected chi connectivity index (χ4v) is 3.95. The lowest BCUT2D eigenvalue weighted by atomic mass is 9.98. The van der Waals surface area contributed by atoms with Crippen LogP contribution in [-0.4, -0.2) is 39.9 Å². The topological polar surface area (TPSA) is 78.5 Å². The number of rotatable bonds is 8. The van der Waals surface area contributed by atoms with Crippen molar-refractivity contribution in [3.8, 4) is 0 Å². The van der Waals surface area contributed by atoms with Crippen molar-refractivity contribution >= 4 is 21.6 Å². The van der Waals surface area contributed by atoms with Gasteiger partial charge in [-0.1, -0.05) is 24.3 Å². The van der Waals surface area contributed by atoms with Gasteiger partial charge in [-0.15, -0.1) is 0 Å². The average molecular weight is 390 g/mol. The highest BCUT2D eigenvalue weighted by Crippen LogP contribution is 2.25. The maximum Gasteiger partial charge on any atom is 0.261 e. The monoisotopic (exact) mass is 389 g/mol. The molecule has 2 rings (SSSR count). The van der Waals surface area contributed by atoms with Gasteiger partial charge in [0.25, 0.3) is 10.0 Å². The molecule has 2 aromatic rings. The number of anilines is 1. The number of aryl methyl sites for hydroxylation is 1. The maximum absolute atomic E-state index is 12.5. The number of nitrogens with one attached hydrogen (secondary N) is 2. The Balaban J connectivity index is 2.23. The highest BCUT2D eigenvalue weighted by molar-refractivity contribution is 7.92. The molecule has 1 atom stereocenters. The Hall–Kier alpha value is -2.38. The summed E-state index contributed by atoms with van der Waals surface area (Å²) >= 11 is 0. The van der Waals surface area contributed by atoms with Crippen LogP contribution in [0.4, 0.5) is 5.69 Å². The van der Waals surface area contributed by atoms with Crippen molar-refractivity contribution in [3.05, 3.63) is 59.7 Å². The first-order chi connectivity index (χ1) is 12.7. The van der Waals surface area contributed by atoms with Crippen LogP contribution in [-0.2, 0) is 14.8 Å². The number of carbonyl (C=O) groups is 1. The van der Waals surface area contributed by atoms with E-state index in [0.29, 0.717) is 5.69 Å². The highest BCUT2D eigenvalue weighted by Gasteiger charge is 2.18. The van der Waals surface area contributed by atoms with Crippen LogP contribution < -0.4 is 10.0 Å². The molecule has 1 unspecified atom stereocenters. The molecule has 27 heavy (non-hydrogen) atoms. The van der Waals surface area contributed by atoms with Gasteiger partial charge < -0.3 is 10.2 Å². The zero-order valence-electron chi connectivity index (χ0n) is 16.2. The molecule has 0 saturated carbocycles. The Morgan fingerprint density at radius 3 is 2.33 bits per heavy atom. The smallest absolute Gasteiger partial charge is 0.261 e. The number of carbonyl (C=O) groups excluding carboxylic acids is 1. The van der Waals surface area contributed by atoms with Crippen LogP contribution >= 0.6 is 0 Å². The van der Waals surface area contributed by atoms with E-state index in [-0.39, 0.29) is 16.8 Å². The van der Waals surface area contributed by atoms with Crippen molar-refractivity contribution in [3.63, 3.8) is 0 Å². The summed E-state index contributed by atoms with van der Waals surface area (Å²) < 4.78 is 27.6. The van der Waals surface area contributed by atoms with Gasteiger partial charge in [0.15, 0.2) is 0 Å². The fraction of sp³-hybridized carbons (Fsp3) is 0.350. The van der Waals surface area contributed by atoms with Crippen molar-refractivity contribution in [2.75, 3.05) is 25.4 Å². The first kappa shape index (κ1) is 20.9. The summed E-state index contributed by atoms with van der Waals surface area (Å²) in [5.41, 5.74) is 2.39. The van der Waals surface area contributed by atoms with Crippen LogP contribution in [0.25, 0.3) is 0 Å². The second kappa shape index (κ2) is 9.01. The third-order valence-corrected chi connectivity index (χ3v) is 5.59. The Morgan fingerprint density at radius 1 is 1.11 bits per heavy atom. The van der Waals surface area contributed by atoms with Crippen LogP contribution in [0.1, 0.15) is 30.5 Å². The van der Waals surface area contributed by atoms with Gasteiger partial charge >= 0.3 is 0 Å². The lowest BCUT2D eigenvalue weighted by Crippen LogP contribution is -2.29. The summed E-state index contributed by atoms with van der Waals surface area (Å²) in [7, 11) is 0.340. The quantitative estimate of drug-likeness (QED) is 0.728. The molecule has 0 heterocycles. The molecular formula is C20H27N3O3S. The standard InChI is InChI=1S/C20H27N3O3S/c1-15-14-17(22-27(25,26)18-8-6-5-7-9-18)10-11-19(15)20(21-16(2)24)12-13-23(3)4/h5-11,14,20,22H,12-13H2,1-4H3,(H,21,24). The lowest BCUT2D eigenvalue weighted by molar-refractivity contribution is -0.119. The number of hydrogen-bond donors (Lipinski definition) is 2. The zero-order valence-corrected chi connectivity index (χ0v) is 17.0. The molecule has 0 aliphatic heterocycles. The van der Waals surface area contributed by atoms with Crippen LogP contribution in [0.15, 0.2) is 53.4 Å². The number of hydrogen-bond acceptors (Lipinski definition) is 4. The van der Waals surface area contributed by atoms with Gasteiger partial charge in [-0.25, -0.2) is 8.42 Å². The van der Waals surface area contributed by atoms with E-state index in [9.17, 15) is 13.2 Å². The minimum Gasteiger partial charge on any atom is -0.349 e. The van der Waals surface area contributed by atoms with E-state index in [0.717, 1.165) is 24.1 Å². The normalized spacial score (nSPS) is 12.6. The zero-order chi connectivity index (χ0) is 20.0. The van der Waals surface area contributed by atoms with Crippen molar-refractivity contribution in [2.45, 2.75) is 31.2 Å². The van der Waals surface area contributed by atoms with Crippen LogP contribution in [0, 0.1) is 6.92 Å². The molecule has 0 spiro atoms. The minimum absolute atomic E-state index is 0.0907. The van der Waals surface area contributed by atoms with Gasteiger partial charge in [-0.3, -0.25) is 9.52 Å². The summed E-state index contributed by atoms with van der Waals surface area (Å²) in [5, 5.41) is 2.98.